The van der Waals surface area contributed by atoms with Crippen LogP contribution >= 0.6 is 0 Å². The van der Waals surface area contributed by atoms with E-state index in [1.165, 1.54) is 0 Å². The third-order valence-electron chi connectivity index (χ3n) is 3.71. The van der Waals surface area contributed by atoms with Crippen LogP contribution in [0.25, 0.3) is 10.9 Å². The molecule has 2 rings (SSSR count). The van der Waals surface area contributed by atoms with Crippen molar-refractivity contribution >= 4 is 16.9 Å². The number of hydrogen-bond donors (Lipinski definition) is 0. The van der Waals surface area contributed by atoms with Crippen molar-refractivity contribution in [3.63, 3.8) is 0 Å². The SMILES string of the molecule is CCCc1nc(C)cc2c1c(C)c(C(=O)OC(C)(C)C)n2C. The molecule has 0 spiro atoms. The number of fused-ring (bicyclic) bond motifs is 1. The minimum atomic E-state index is -0.500. The van der Waals surface area contributed by atoms with Gasteiger partial charge in [0.2, 0.25) is 0 Å². The van der Waals surface area contributed by atoms with Crippen LogP contribution in [0.15, 0.2) is 6.07 Å². The third-order valence-corrected chi connectivity index (χ3v) is 3.71. The fourth-order valence-electron chi connectivity index (χ4n) is 2.92. The highest BCUT2D eigenvalue weighted by atomic mass is 16.6. The lowest BCUT2D eigenvalue weighted by atomic mass is 10.1. The van der Waals surface area contributed by atoms with Crippen molar-refractivity contribution in [1.82, 2.24) is 9.55 Å². The summed E-state index contributed by atoms with van der Waals surface area (Å²) in [4.78, 5) is 17.2. The Morgan fingerprint density at radius 2 is 1.95 bits per heavy atom. The molecule has 0 aromatic carbocycles. The van der Waals surface area contributed by atoms with Crippen LogP contribution in [0.2, 0.25) is 0 Å². The number of esters is 1. The molecule has 2 aromatic rings. The molecule has 0 radical (unpaired) electrons. The minimum Gasteiger partial charge on any atom is -0.455 e. The summed E-state index contributed by atoms with van der Waals surface area (Å²) in [5.41, 5.74) is 4.18. The Morgan fingerprint density at radius 3 is 2.50 bits per heavy atom. The molecule has 0 aliphatic carbocycles. The molecule has 0 aliphatic rings. The van der Waals surface area contributed by atoms with Gasteiger partial charge in [-0.15, -0.1) is 0 Å². The zero-order chi connectivity index (χ0) is 16.7. The van der Waals surface area contributed by atoms with Crippen molar-refractivity contribution in [2.45, 2.75) is 60.0 Å². The number of aromatic nitrogens is 2. The van der Waals surface area contributed by atoms with Gasteiger partial charge in [-0.25, -0.2) is 4.79 Å². The highest BCUT2D eigenvalue weighted by Crippen LogP contribution is 2.29. The van der Waals surface area contributed by atoms with E-state index in [9.17, 15) is 4.79 Å². The van der Waals surface area contributed by atoms with E-state index in [1.54, 1.807) is 0 Å². The van der Waals surface area contributed by atoms with Crippen molar-refractivity contribution in [2.75, 3.05) is 0 Å². The van der Waals surface area contributed by atoms with Crippen molar-refractivity contribution in [3.05, 3.63) is 28.7 Å². The van der Waals surface area contributed by atoms with Crippen LogP contribution in [-0.2, 0) is 18.2 Å². The van der Waals surface area contributed by atoms with Crippen LogP contribution < -0.4 is 0 Å². The number of aryl methyl sites for hydroxylation is 4. The predicted octanol–water partition coefficient (Wildman–Crippen LogP) is 4.10. The van der Waals surface area contributed by atoms with Crippen LogP contribution in [0.4, 0.5) is 0 Å². The summed E-state index contributed by atoms with van der Waals surface area (Å²) in [7, 11) is 1.92. The van der Waals surface area contributed by atoms with E-state index in [0.717, 1.165) is 40.7 Å². The Balaban J connectivity index is 2.67. The maximum atomic E-state index is 12.6. The average Bonchev–Trinajstić information content (AvgIpc) is 2.59. The van der Waals surface area contributed by atoms with Gasteiger partial charge in [-0.3, -0.25) is 4.98 Å². The molecule has 2 heterocycles. The lowest BCUT2D eigenvalue weighted by Crippen LogP contribution is -2.25. The maximum Gasteiger partial charge on any atom is 0.355 e. The van der Waals surface area contributed by atoms with Crippen LogP contribution in [0, 0.1) is 13.8 Å². The van der Waals surface area contributed by atoms with E-state index >= 15 is 0 Å². The van der Waals surface area contributed by atoms with Gasteiger partial charge in [0.05, 0.1) is 11.2 Å². The first kappa shape index (κ1) is 16.5. The summed E-state index contributed by atoms with van der Waals surface area (Å²) >= 11 is 0. The molecule has 0 aliphatic heterocycles. The van der Waals surface area contributed by atoms with Gasteiger partial charge in [0, 0.05) is 18.1 Å². The number of hydrogen-bond acceptors (Lipinski definition) is 3. The van der Waals surface area contributed by atoms with E-state index in [2.05, 4.69) is 11.9 Å². The van der Waals surface area contributed by atoms with Crippen molar-refractivity contribution in [1.29, 1.82) is 0 Å². The predicted molar refractivity (Wildman–Crippen MR) is 89.4 cm³/mol. The number of carbonyl (C=O) groups excluding carboxylic acids is 1. The van der Waals surface area contributed by atoms with E-state index in [0.29, 0.717) is 5.69 Å². The highest BCUT2D eigenvalue weighted by Gasteiger charge is 2.25. The summed E-state index contributed by atoms with van der Waals surface area (Å²) in [6.45, 7) is 11.8. The van der Waals surface area contributed by atoms with Gasteiger partial charge in [-0.2, -0.15) is 0 Å². The lowest BCUT2D eigenvalue weighted by Gasteiger charge is -2.20. The van der Waals surface area contributed by atoms with Gasteiger partial charge >= 0.3 is 5.97 Å². The van der Waals surface area contributed by atoms with Gasteiger partial charge in [-0.1, -0.05) is 13.3 Å². The molecule has 0 bridgehead atoms. The third kappa shape index (κ3) is 3.01. The number of carbonyl (C=O) groups is 1. The topological polar surface area (TPSA) is 44.1 Å². The van der Waals surface area contributed by atoms with Crippen LogP contribution in [0.3, 0.4) is 0 Å². The first-order valence-electron chi connectivity index (χ1n) is 7.84. The summed E-state index contributed by atoms with van der Waals surface area (Å²) in [5, 5.41) is 1.09. The molecule has 0 saturated heterocycles. The first-order chi connectivity index (χ1) is 10.2. The zero-order valence-corrected chi connectivity index (χ0v) is 14.7. The molecular weight excluding hydrogens is 276 g/mol. The second-order valence-electron chi connectivity index (χ2n) is 6.89. The van der Waals surface area contributed by atoms with Gasteiger partial charge in [0.25, 0.3) is 0 Å². The molecule has 0 unspecified atom stereocenters. The van der Waals surface area contributed by atoms with E-state index in [-0.39, 0.29) is 5.97 Å². The van der Waals surface area contributed by atoms with Crippen LogP contribution in [0.1, 0.15) is 61.6 Å². The lowest BCUT2D eigenvalue weighted by molar-refractivity contribution is 0.00587. The van der Waals surface area contributed by atoms with Gasteiger partial charge in [0.1, 0.15) is 11.3 Å². The molecule has 0 atom stereocenters. The van der Waals surface area contributed by atoms with Crippen molar-refractivity contribution in [3.8, 4) is 0 Å². The molecule has 0 fully saturated rings. The van der Waals surface area contributed by atoms with Crippen LogP contribution in [0.5, 0.6) is 0 Å². The summed E-state index contributed by atoms with van der Waals surface area (Å²) < 4.78 is 7.50. The van der Waals surface area contributed by atoms with Crippen molar-refractivity contribution < 1.29 is 9.53 Å². The number of rotatable bonds is 3. The Bertz CT molecular complexity index is 721. The van der Waals surface area contributed by atoms with E-state index in [4.69, 9.17) is 4.74 Å². The van der Waals surface area contributed by atoms with E-state index in [1.807, 2.05) is 52.3 Å². The fraction of sp³-hybridized carbons (Fsp3) is 0.556. The second-order valence-corrected chi connectivity index (χ2v) is 6.89. The summed E-state index contributed by atoms with van der Waals surface area (Å²) in [6, 6.07) is 2.04. The Hall–Kier alpha value is -1.84. The molecule has 0 N–H and O–H groups in total. The minimum absolute atomic E-state index is 0.274. The molecule has 4 nitrogen and oxygen atoms in total. The molecule has 4 heteroatoms. The van der Waals surface area contributed by atoms with Gasteiger partial charge in [-0.05, 0) is 52.7 Å². The number of nitrogens with zero attached hydrogens (tertiary/aromatic N) is 2. The number of ether oxygens (including phenoxy) is 1. The van der Waals surface area contributed by atoms with Crippen molar-refractivity contribution in [2.24, 2.45) is 7.05 Å². The zero-order valence-electron chi connectivity index (χ0n) is 14.7. The smallest absolute Gasteiger partial charge is 0.355 e. The fourth-order valence-corrected chi connectivity index (χ4v) is 2.92. The molecule has 120 valence electrons. The normalized spacial score (nSPS) is 12.0. The maximum absolute atomic E-state index is 12.6. The summed E-state index contributed by atoms with van der Waals surface area (Å²) in [5.74, 6) is -0.274. The van der Waals surface area contributed by atoms with Crippen LogP contribution in [-0.4, -0.2) is 21.1 Å². The molecular formula is C18H26N2O2. The Labute approximate surface area is 132 Å². The quantitative estimate of drug-likeness (QED) is 0.802. The Morgan fingerprint density at radius 1 is 1.32 bits per heavy atom. The Kier molecular flexibility index (Phi) is 4.32. The molecule has 22 heavy (non-hydrogen) atoms. The summed E-state index contributed by atoms with van der Waals surface area (Å²) in [6.07, 6.45) is 1.94. The second kappa shape index (κ2) is 5.75. The van der Waals surface area contributed by atoms with E-state index < -0.39 is 5.60 Å². The molecule has 0 amide bonds. The monoisotopic (exact) mass is 302 g/mol. The largest absolute Gasteiger partial charge is 0.455 e. The number of pyridine rings is 1. The first-order valence-corrected chi connectivity index (χ1v) is 7.84. The average molecular weight is 302 g/mol. The highest BCUT2D eigenvalue weighted by molar-refractivity contribution is 6.00. The van der Waals surface area contributed by atoms with Gasteiger partial charge < -0.3 is 9.30 Å². The standard InChI is InChI=1S/C18H26N2O2/c1-8-9-13-15-12(3)16(17(21)22-18(4,5)6)20(7)14(15)10-11(2)19-13/h10H,8-9H2,1-7H3. The molecule has 2 aromatic heterocycles. The molecule has 0 saturated carbocycles. The van der Waals surface area contributed by atoms with Gasteiger partial charge in [0.15, 0.2) is 0 Å².